The molecule has 0 radical (unpaired) electrons. The van der Waals surface area contributed by atoms with Crippen molar-refractivity contribution in [3.8, 4) is 34.0 Å². The van der Waals surface area contributed by atoms with Crippen LogP contribution in [0.15, 0.2) is 91.0 Å². The van der Waals surface area contributed by atoms with Crippen molar-refractivity contribution in [3.05, 3.63) is 102 Å². The minimum Gasteiger partial charge on any atom is -0.497 e. The number of methoxy groups -OCH3 is 2. The number of carbonyl (C=O) groups excluding carboxylic acids is 3. The molecule has 3 N–H and O–H groups in total. The van der Waals surface area contributed by atoms with Gasteiger partial charge >= 0.3 is 5.97 Å². The summed E-state index contributed by atoms with van der Waals surface area (Å²) < 4.78 is 15.8. The summed E-state index contributed by atoms with van der Waals surface area (Å²) in [5, 5.41) is 2.60. The third-order valence-electron chi connectivity index (χ3n) is 6.41. The van der Waals surface area contributed by atoms with Gasteiger partial charge in [-0.3, -0.25) is 9.59 Å². The Labute approximate surface area is 241 Å². The van der Waals surface area contributed by atoms with Crippen molar-refractivity contribution in [1.82, 2.24) is 9.97 Å². The van der Waals surface area contributed by atoms with E-state index in [-0.39, 0.29) is 5.56 Å². The number of amides is 2. The molecule has 0 aliphatic heterocycles. The first-order chi connectivity index (χ1) is 20.3. The molecule has 0 spiro atoms. The van der Waals surface area contributed by atoms with Gasteiger partial charge in [0.05, 0.1) is 42.2 Å². The van der Waals surface area contributed by atoms with Crippen molar-refractivity contribution in [2.45, 2.75) is 0 Å². The van der Waals surface area contributed by atoms with Crippen LogP contribution in [0.25, 0.3) is 33.5 Å². The summed E-state index contributed by atoms with van der Waals surface area (Å²) in [5.74, 6) is -0.383. The number of nitrogens with zero attached hydrogens (tertiary/aromatic N) is 2. The number of rotatable bonds is 9. The standard InChI is InChI=1S/C32H26N4O6/c1-40-24-12-5-19(6-13-24)29-30(20-7-14-25(41-2)15-8-20)36-27-17-22(9-16-26(27)35-29)32(39)42-18-28(37)34-23-10-3-21(4-11-23)31(33)38/h3-17H,18H2,1-2H3,(H2,33,38)(H,34,37). The van der Waals surface area contributed by atoms with Crippen molar-refractivity contribution in [1.29, 1.82) is 0 Å². The lowest BCUT2D eigenvalue weighted by Crippen LogP contribution is -2.21. The van der Waals surface area contributed by atoms with Gasteiger partial charge in [0.1, 0.15) is 11.5 Å². The predicted molar refractivity (Wildman–Crippen MR) is 157 cm³/mol. The maximum absolute atomic E-state index is 12.8. The van der Waals surface area contributed by atoms with Crippen molar-refractivity contribution in [3.63, 3.8) is 0 Å². The number of esters is 1. The van der Waals surface area contributed by atoms with Gasteiger partial charge in [-0.15, -0.1) is 0 Å². The molecule has 5 aromatic rings. The Hall–Kier alpha value is -5.77. The molecule has 1 heterocycles. The van der Waals surface area contributed by atoms with E-state index in [2.05, 4.69) is 5.32 Å². The minimum atomic E-state index is -0.692. The number of fused-ring (bicyclic) bond motifs is 1. The summed E-state index contributed by atoms with van der Waals surface area (Å²) in [6, 6.07) is 25.8. The van der Waals surface area contributed by atoms with Gasteiger partial charge in [0, 0.05) is 22.4 Å². The maximum Gasteiger partial charge on any atom is 0.338 e. The molecule has 5 rings (SSSR count). The van der Waals surface area contributed by atoms with Crippen LogP contribution in [0.1, 0.15) is 20.7 Å². The number of primary amides is 1. The van der Waals surface area contributed by atoms with Crippen molar-refractivity contribution in [2.24, 2.45) is 5.73 Å². The number of carbonyl (C=O) groups is 3. The monoisotopic (exact) mass is 562 g/mol. The second kappa shape index (κ2) is 12.2. The van der Waals surface area contributed by atoms with Gasteiger partial charge in [0.15, 0.2) is 6.61 Å². The van der Waals surface area contributed by atoms with Crippen LogP contribution in [0.5, 0.6) is 11.5 Å². The van der Waals surface area contributed by atoms with E-state index in [1.807, 2.05) is 48.5 Å². The summed E-state index contributed by atoms with van der Waals surface area (Å²) >= 11 is 0. The van der Waals surface area contributed by atoms with Crippen LogP contribution >= 0.6 is 0 Å². The Morgan fingerprint density at radius 1 is 0.690 bits per heavy atom. The first-order valence-corrected chi connectivity index (χ1v) is 12.8. The van der Waals surface area contributed by atoms with Crippen LogP contribution in [0.3, 0.4) is 0 Å². The second-order valence-electron chi connectivity index (χ2n) is 9.15. The highest BCUT2D eigenvalue weighted by molar-refractivity contribution is 5.98. The quantitative estimate of drug-likeness (QED) is 0.242. The summed E-state index contributed by atoms with van der Waals surface area (Å²) in [6.07, 6.45) is 0. The topological polar surface area (TPSA) is 143 Å². The highest BCUT2D eigenvalue weighted by Crippen LogP contribution is 2.33. The number of benzene rings is 4. The largest absolute Gasteiger partial charge is 0.497 e. The number of anilines is 1. The van der Waals surface area contributed by atoms with E-state index in [9.17, 15) is 14.4 Å². The molecule has 42 heavy (non-hydrogen) atoms. The fraction of sp³-hybridized carbons (Fsp3) is 0.0938. The molecular formula is C32H26N4O6. The molecule has 0 saturated carbocycles. The molecule has 10 nitrogen and oxygen atoms in total. The van der Waals surface area contributed by atoms with Gasteiger partial charge in [0.2, 0.25) is 5.91 Å². The average Bonchev–Trinajstić information content (AvgIpc) is 3.03. The first kappa shape index (κ1) is 27.8. The van der Waals surface area contributed by atoms with E-state index in [4.69, 9.17) is 29.9 Å². The summed E-state index contributed by atoms with van der Waals surface area (Å²) in [6.45, 7) is -0.506. The van der Waals surface area contributed by atoms with E-state index in [1.54, 1.807) is 32.4 Å². The fourth-order valence-electron chi connectivity index (χ4n) is 4.21. The molecule has 0 atom stereocenters. The zero-order chi connectivity index (χ0) is 29.6. The molecule has 0 unspecified atom stereocenters. The van der Waals surface area contributed by atoms with Crippen LogP contribution < -0.4 is 20.5 Å². The Morgan fingerprint density at radius 2 is 1.21 bits per heavy atom. The molecule has 2 amide bonds. The lowest BCUT2D eigenvalue weighted by Gasteiger charge is -2.12. The highest BCUT2D eigenvalue weighted by atomic mass is 16.5. The first-order valence-electron chi connectivity index (χ1n) is 12.8. The number of nitrogens with two attached hydrogens (primary N) is 1. The molecule has 0 saturated heterocycles. The van der Waals surface area contributed by atoms with E-state index in [0.29, 0.717) is 39.4 Å². The summed E-state index contributed by atoms with van der Waals surface area (Å²) in [4.78, 5) is 46.1. The molecule has 0 bridgehead atoms. The van der Waals surface area contributed by atoms with Crippen LogP contribution in [-0.4, -0.2) is 48.6 Å². The fourth-order valence-corrected chi connectivity index (χ4v) is 4.21. The number of hydrogen-bond donors (Lipinski definition) is 2. The lowest BCUT2D eigenvalue weighted by atomic mass is 10.0. The van der Waals surface area contributed by atoms with E-state index in [0.717, 1.165) is 16.9 Å². The van der Waals surface area contributed by atoms with Gasteiger partial charge in [-0.2, -0.15) is 0 Å². The number of nitrogens with one attached hydrogen (secondary N) is 1. The smallest absolute Gasteiger partial charge is 0.338 e. The number of hydrogen-bond acceptors (Lipinski definition) is 8. The van der Waals surface area contributed by atoms with Crippen LogP contribution in [0.4, 0.5) is 5.69 Å². The highest BCUT2D eigenvalue weighted by Gasteiger charge is 2.17. The second-order valence-corrected chi connectivity index (χ2v) is 9.15. The van der Waals surface area contributed by atoms with Crippen LogP contribution in [0, 0.1) is 0 Å². The van der Waals surface area contributed by atoms with Gasteiger partial charge in [-0.1, -0.05) is 0 Å². The average molecular weight is 563 g/mol. The molecule has 1 aromatic heterocycles. The molecule has 10 heteroatoms. The molecular weight excluding hydrogens is 536 g/mol. The lowest BCUT2D eigenvalue weighted by molar-refractivity contribution is -0.119. The van der Waals surface area contributed by atoms with Crippen molar-refractivity contribution < 1.29 is 28.6 Å². The minimum absolute atomic E-state index is 0.216. The predicted octanol–water partition coefficient (Wildman–Crippen LogP) is 4.88. The van der Waals surface area contributed by atoms with Gasteiger partial charge < -0.3 is 25.3 Å². The van der Waals surface area contributed by atoms with Gasteiger partial charge in [0.25, 0.3) is 5.91 Å². The molecule has 0 aliphatic rings. The summed E-state index contributed by atoms with van der Waals surface area (Å²) in [7, 11) is 3.20. The van der Waals surface area contributed by atoms with E-state index < -0.39 is 24.4 Å². The maximum atomic E-state index is 12.8. The Morgan fingerprint density at radius 3 is 1.74 bits per heavy atom. The van der Waals surface area contributed by atoms with Crippen molar-refractivity contribution >= 4 is 34.5 Å². The zero-order valence-corrected chi connectivity index (χ0v) is 22.8. The zero-order valence-electron chi connectivity index (χ0n) is 22.8. The third-order valence-corrected chi connectivity index (χ3v) is 6.41. The Balaban J connectivity index is 1.39. The van der Waals surface area contributed by atoms with Crippen LogP contribution in [-0.2, 0) is 9.53 Å². The van der Waals surface area contributed by atoms with Gasteiger partial charge in [-0.25, -0.2) is 14.8 Å². The Kier molecular flexibility index (Phi) is 8.05. The molecule has 0 aliphatic carbocycles. The normalized spacial score (nSPS) is 10.6. The molecule has 0 fully saturated rings. The summed E-state index contributed by atoms with van der Waals surface area (Å²) in [5.41, 5.74) is 10.2. The number of ether oxygens (including phenoxy) is 3. The molecule has 210 valence electrons. The Bertz CT molecular complexity index is 1770. The van der Waals surface area contributed by atoms with Crippen LogP contribution in [0.2, 0.25) is 0 Å². The van der Waals surface area contributed by atoms with Crippen molar-refractivity contribution in [2.75, 3.05) is 26.1 Å². The van der Waals surface area contributed by atoms with E-state index >= 15 is 0 Å². The molecule has 4 aromatic carbocycles. The SMILES string of the molecule is COc1ccc(-c2nc3ccc(C(=O)OCC(=O)Nc4ccc(C(N)=O)cc4)cc3nc2-c2ccc(OC)cc2)cc1. The van der Waals surface area contributed by atoms with E-state index in [1.165, 1.54) is 24.3 Å². The van der Waals surface area contributed by atoms with Gasteiger partial charge in [-0.05, 0) is 91.0 Å². The third kappa shape index (κ3) is 6.18. The number of aromatic nitrogens is 2.